The number of carbonyl (C=O) groups is 1. The van der Waals surface area contributed by atoms with E-state index in [1.807, 2.05) is 42.1 Å². The number of amides is 1. The summed E-state index contributed by atoms with van der Waals surface area (Å²) in [6.45, 7) is 5.44. The lowest BCUT2D eigenvalue weighted by atomic mass is 10.2. The molecule has 2 heterocycles. The Balaban J connectivity index is 1.82. The highest BCUT2D eigenvalue weighted by molar-refractivity contribution is 7.14. The number of benzene rings is 1. The van der Waals surface area contributed by atoms with Crippen LogP contribution in [0.5, 0.6) is 0 Å². The first kappa shape index (κ1) is 16.7. The van der Waals surface area contributed by atoms with Gasteiger partial charge in [-0.2, -0.15) is 5.10 Å². The van der Waals surface area contributed by atoms with Gasteiger partial charge in [0.15, 0.2) is 0 Å². The van der Waals surface area contributed by atoms with Crippen molar-refractivity contribution in [2.75, 3.05) is 19.0 Å². The maximum Gasteiger partial charge on any atom is 0.265 e. The summed E-state index contributed by atoms with van der Waals surface area (Å²) in [5.41, 5.74) is 2.94. The number of aryl methyl sites for hydroxylation is 2. The molecule has 126 valence electrons. The van der Waals surface area contributed by atoms with Gasteiger partial charge in [-0.1, -0.05) is 6.92 Å². The monoisotopic (exact) mass is 343 g/mol. The molecule has 24 heavy (non-hydrogen) atoms. The van der Waals surface area contributed by atoms with E-state index in [0.717, 1.165) is 27.9 Å². The van der Waals surface area contributed by atoms with Gasteiger partial charge in [0.1, 0.15) is 0 Å². The summed E-state index contributed by atoms with van der Waals surface area (Å²) in [5.74, 6) is -0.0647. The summed E-state index contributed by atoms with van der Waals surface area (Å²) < 4.78 is 7.00. The van der Waals surface area contributed by atoms with Crippen LogP contribution in [0.2, 0.25) is 0 Å². The molecule has 1 aromatic carbocycles. The molecule has 0 spiro atoms. The van der Waals surface area contributed by atoms with Crippen LogP contribution in [0.4, 0.5) is 5.69 Å². The number of fused-ring (bicyclic) bond motifs is 1. The predicted molar refractivity (Wildman–Crippen MR) is 98.0 cm³/mol. The van der Waals surface area contributed by atoms with Crippen molar-refractivity contribution < 1.29 is 9.53 Å². The van der Waals surface area contributed by atoms with Gasteiger partial charge in [-0.15, -0.1) is 11.3 Å². The predicted octanol–water partition coefficient (Wildman–Crippen LogP) is 3.87. The summed E-state index contributed by atoms with van der Waals surface area (Å²) in [7, 11) is 1.67. The van der Waals surface area contributed by atoms with E-state index in [0.29, 0.717) is 13.2 Å². The van der Waals surface area contributed by atoms with E-state index in [1.165, 1.54) is 10.4 Å². The number of thiophene rings is 1. The lowest BCUT2D eigenvalue weighted by molar-refractivity contribution is 0.103. The topological polar surface area (TPSA) is 56.2 Å². The normalized spacial score (nSPS) is 11.1. The van der Waals surface area contributed by atoms with Gasteiger partial charge in [0.05, 0.1) is 29.7 Å². The van der Waals surface area contributed by atoms with E-state index < -0.39 is 0 Å². The third-order valence-electron chi connectivity index (χ3n) is 3.98. The summed E-state index contributed by atoms with van der Waals surface area (Å²) in [6.07, 6.45) is 2.78. The van der Waals surface area contributed by atoms with E-state index in [1.54, 1.807) is 18.4 Å². The molecule has 0 atom stereocenters. The number of hydrogen-bond acceptors (Lipinski definition) is 4. The van der Waals surface area contributed by atoms with E-state index >= 15 is 0 Å². The van der Waals surface area contributed by atoms with Crippen molar-refractivity contribution in [2.24, 2.45) is 0 Å². The molecule has 0 unspecified atom stereocenters. The minimum absolute atomic E-state index is 0.0647. The Labute approximate surface area is 145 Å². The Morgan fingerprint density at radius 2 is 2.21 bits per heavy atom. The number of carbonyl (C=O) groups excluding carboxylic acids is 1. The van der Waals surface area contributed by atoms with Crippen molar-refractivity contribution in [1.29, 1.82) is 0 Å². The van der Waals surface area contributed by atoms with Crippen molar-refractivity contribution in [3.63, 3.8) is 0 Å². The number of methoxy groups -OCH3 is 1. The van der Waals surface area contributed by atoms with Gasteiger partial charge in [0.25, 0.3) is 5.91 Å². The molecule has 0 fully saturated rings. The highest BCUT2D eigenvalue weighted by Crippen LogP contribution is 2.24. The lowest BCUT2D eigenvalue weighted by Gasteiger charge is -2.06. The summed E-state index contributed by atoms with van der Waals surface area (Å²) in [4.78, 5) is 14.5. The molecule has 0 radical (unpaired) electrons. The molecule has 0 aliphatic carbocycles. The van der Waals surface area contributed by atoms with Gasteiger partial charge < -0.3 is 10.1 Å². The smallest absolute Gasteiger partial charge is 0.265 e. The first-order chi connectivity index (χ1) is 11.6. The Kier molecular flexibility index (Phi) is 4.97. The first-order valence-electron chi connectivity index (χ1n) is 7.97. The lowest BCUT2D eigenvalue weighted by Crippen LogP contribution is -2.10. The highest BCUT2D eigenvalue weighted by Gasteiger charge is 2.12. The average molecular weight is 343 g/mol. The second-order valence-corrected chi connectivity index (χ2v) is 6.80. The quantitative estimate of drug-likeness (QED) is 0.739. The largest absolute Gasteiger partial charge is 0.383 e. The molecule has 3 rings (SSSR count). The van der Waals surface area contributed by atoms with Crippen LogP contribution in [0.1, 0.15) is 27.0 Å². The maximum atomic E-state index is 12.5. The zero-order valence-electron chi connectivity index (χ0n) is 14.1. The van der Waals surface area contributed by atoms with Gasteiger partial charge >= 0.3 is 0 Å². The van der Waals surface area contributed by atoms with Crippen LogP contribution in [0, 0.1) is 6.92 Å². The summed E-state index contributed by atoms with van der Waals surface area (Å²) >= 11 is 1.56. The van der Waals surface area contributed by atoms with Gasteiger partial charge in [-0.25, -0.2) is 0 Å². The van der Waals surface area contributed by atoms with E-state index in [2.05, 4.69) is 17.3 Å². The number of hydrogen-bond donors (Lipinski definition) is 1. The molecular weight excluding hydrogens is 322 g/mol. The standard InChI is InChI=1S/C18H21N3O2S/c1-4-16-12(2)9-17(24-16)18(22)20-14-6-5-13-11-19-21(7-8-23-3)15(13)10-14/h5-6,9-11H,4,7-8H2,1-3H3,(H,20,22). The molecule has 1 amide bonds. The number of nitrogens with one attached hydrogen (secondary N) is 1. The van der Waals surface area contributed by atoms with E-state index in [9.17, 15) is 4.79 Å². The molecule has 0 saturated carbocycles. The van der Waals surface area contributed by atoms with Crippen LogP contribution < -0.4 is 5.32 Å². The van der Waals surface area contributed by atoms with Crippen LogP contribution in [-0.4, -0.2) is 29.4 Å². The van der Waals surface area contributed by atoms with E-state index in [4.69, 9.17) is 4.74 Å². The molecular formula is C18H21N3O2S. The minimum Gasteiger partial charge on any atom is -0.383 e. The first-order valence-corrected chi connectivity index (χ1v) is 8.79. The Morgan fingerprint density at radius 1 is 1.38 bits per heavy atom. The fourth-order valence-corrected chi connectivity index (χ4v) is 3.69. The summed E-state index contributed by atoms with van der Waals surface area (Å²) in [6, 6.07) is 7.79. The molecule has 5 nitrogen and oxygen atoms in total. The van der Waals surface area contributed by atoms with Crippen LogP contribution in [0.15, 0.2) is 30.5 Å². The van der Waals surface area contributed by atoms with Crippen molar-refractivity contribution in [3.8, 4) is 0 Å². The van der Waals surface area contributed by atoms with Crippen LogP contribution in [0.3, 0.4) is 0 Å². The maximum absolute atomic E-state index is 12.5. The SMILES string of the molecule is CCc1sc(C(=O)Nc2ccc3cnn(CCOC)c3c2)cc1C. The van der Waals surface area contributed by atoms with Crippen molar-refractivity contribution in [3.05, 3.63) is 45.8 Å². The zero-order valence-corrected chi connectivity index (χ0v) is 14.9. The average Bonchev–Trinajstić information content (AvgIpc) is 3.16. The highest BCUT2D eigenvalue weighted by atomic mass is 32.1. The van der Waals surface area contributed by atoms with Crippen LogP contribution in [-0.2, 0) is 17.7 Å². The van der Waals surface area contributed by atoms with Crippen LogP contribution in [0.25, 0.3) is 10.9 Å². The van der Waals surface area contributed by atoms with Crippen LogP contribution >= 0.6 is 11.3 Å². The van der Waals surface area contributed by atoms with Gasteiger partial charge in [0.2, 0.25) is 0 Å². The fraction of sp³-hybridized carbons (Fsp3) is 0.333. The third kappa shape index (κ3) is 3.34. The molecule has 0 aliphatic rings. The Bertz CT molecular complexity index is 866. The third-order valence-corrected chi connectivity index (χ3v) is 5.36. The molecule has 2 aromatic heterocycles. The van der Waals surface area contributed by atoms with Gasteiger partial charge in [-0.05, 0) is 43.2 Å². The number of rotatable bonds is 6. The molecule has 0 bridgehead atoms. The zero-order chi connectivity index (χ0) is 17.1. The number of ether oxygens (including phenoxy) is 1. The van der Waals surface area contributed by atoms with Crippen molar-refractivity contribution in [1.82, 2.24) is 9.78 Å². The molecule has 6 heteroatoms. The second kappa shape index (κ2) is 7.15. The van der Waals surface area contributed by atoms with Crippen molar-refractivity contribution >= 4 is 33.8 Å². The number of aromatic nitrogens is 2. The fourth-order valence-electron chi connectivity index (χ4n) is 2.68. The summed E-state index contributed by atoms with van der Waals surface area (Å²) in [5, 5.41) is 8.40. The Morgan fingerprint density at radius 3 is 2.92 bits per heavy atom. The number of nitrogens with zero attached hydrogens (tertiary/aromatic N) is 2. The van der Waals surface area contributed by atoms with Gasteiger partial charge in [-0.3, -0.25) is 9.48 Å². The number of anilines is 1. The molecule has 0 aliphatic heterocycles. The molecule has 0 saturated heterocycles. The molecule has 1 N–H and O–H groups in total. The molecule has 3 aromatic rings. The van der Waals surface area contributed by atoms with Gasteiger partial charge in [0, 0.05) is 23.1 Å². The Hall–Kier alpha value is -2.18. The van der Waals surface area contributed by atoms with E-state index in [-0.39, 0.29) is 5.91 Å². The second-order valence-electron chi connectivity index (χ2n) is 5.66. The minimum atomic E-state index is -0.0647. The van der Waals surface area contributed by atoms with Crippen molar-refractivity contribution in [2.45, 2.75) is 26.8 Å².